The van der Waals surface area contributed by atoms with Crippen LogP contribution in [-0.2, 0) is 0 Å². The zero-order valence-corrected chi connectivity index (χ0v) is 11.0. The van der Waals surface area contributed by atoms with Gasteiger partial charge in [0.2, 0.25) is 0 Å². The molecule has 1 saturated carbocycles. The molecule has 1 fully saturated rings. The summed E-state index contributed by atoms with van der Waals surface area (Å²) >= 11 is 0. The Bertz CT molecular complexity index is 445. The molecule has 1 N–H and O–H groups in total. The molecule has 0 spiro atoms. The third-order valence-electron chi connectivity index (χ3n) is 3.81. The molecule has 1 aromatic rings. The zero-order valence-electron chi connectivity index (χ0n) is 11.0. The first-order valence-electron chi connectivity index (χ1n) is 6.55. The van der Waals surface area contributed by atoms with Gasteiger partial charge in [0.25, 0.3) is 5.69 Å². The molecular formula is C14H20N2O2. The average Bonchev–Trinajstić information content (AvgIpc) is 2.73. The Kier molecular flexibility index (Phi) is 3.84. The molecule has 0 radical (unpaired) electrons. The highest BCUT2D eigenvalue weighted by atomic mass is 16.6. The quantitative estimate of drug-likeness (QED) is 0.652. The van der Waals surface area contributed by atoms with E-state index in [0.29, 0.717) is 0 Å². The van der Waals surface area contributed by atoms with Crippen LogP contribution in [0.3, 0.4) is 0 Å². The third kappa shape index (κ3) is 3.00. The van der Waals surface area contributed by atoms with Gasteiger partial charge in [-0.15, -0.1) is 0 Å². The van der Waals surface area contributed by atoms with Gasteiger partial charge in [0.1, 0.15) is 0 Å². The van der Waals surface area contributed by atoms with E-state index >= 15 is 0 Å². The Morgan fingerprint density at radius 3 is 2.78 bits per heavy atom. The van der Waals surface area contributed by atoms with Crippen molar-refractivity contribution in [3.8, 4) is 0 Å². The van der Waals surface area contributed by atoms with Gasteiger partial charge in [-0.2, -0.15) is 0 Å². The van der Waals surface area contributed by atoms with Crippen LogP contribution in [0.4, 0.5) is 11.4 Å². The van der Waals surface area contributed by atoms with Crippen molar-refractivity contribution in [2.45, 2.75) is 33.1 Å². The summed E-state index contributed by atoms with van der Waals surface area (Å²) in [6.45, 7) is 5.19. The van der Waals surface area contributed by atoms with Crippen LogP contribution in [0, 0.1) is 28.9 Å². The monoisotopic (exact) mass is 248 g/mol. The maximum Gasteiger partial charge on any atom is 0.269 e. The molecule has 1 aliphatic carbocycles. The fourth-order valence-corrected chi connectivity index (χ4v) is 2.72. The molecule has 2 atom stereocenters. The Morgan fingerprint density at radius 1 is 1.44 bits per heavy atom. The molecule has 1 aromatic carbocycles. The smallest absolute Gasteiger partial charge is 0.269 e. The summed E-state index contributed by atoms with van der Waals surface area (Å²) in [5, 5.41) is 14.1. The van der Waals surface area contributed by atoms with E-state index in [-0.39, 0.29) is 10.6 Å². The van der Waals surface area contributed by atoms with Gasteiger partial charge < -0.3 is 5.32 Å². The van der Waals surface area contributed by atoms with Crippen LogP contribution in [0.25, 0.3) is 0 Å². The van der Waals surface area contributed by atoms with Crippen LogP contribution >= 0.6 is 0 Å². The fourth-order valence-electron chi connectivity index (χ4n) is 2.72. The summed E-state index contributed by atoms with van der Waals surface area (Å²) in [4.78, 5) is 10.3. The summed E-state index contributed by atoms with van der Waals surface area (Å²) < 4.78 is 0. The predicted octanol–water partition coefficient (Wildman–Crippen LogP) is 3.75. The number of nitrogens with one attached hydrogen (secondary N) is 1. The van der Waals surface area contributed by atoms with Gasteiger partial charge in [0.05, 0.1) is 4.92 Å². The first-order chi connectivity index (χ1) is 8.56. The Balaban J connectivity index is 1.95. The Hall–Kier alpha value is -1.58. The van der Waals surface area contributed by atoms with Crippen molar-refractivity contribution in [1.82, 2.24) is 0 Å². The van der Waals surface area contributed by atoms with E-state index in [0.717, 1.165) is 29.6 Å². The van der Waals surface area contributed by atoms with Crippen molar-refractivity contribution >= 4 is 11.4 Å². The highest BCUT2D eigenvalue weighted by Crippen LogP contribution is 2.31. The first-order valence-corrected chi connectivity index (χ1v) is 6.55. The number of benzene rings is 1. The maximum absolute atomic E-state index is 10.7. The van der Waals surface area contributed by atoms with Gasteiger partial charge >= 0.3 is 0 Å². The lowest BCUT2D eigenvalue weighted by Gasteiger charge is -2.14. The third-order valence-corrected chi connectivity index (χ3v) is 3.81. The number of nitro benzene ring substituents is 1. The second-order valence-electron chi connectivity index (χ2n) is 5.42. The number of nitrogens with zero attached hydrogens (tertiary/aromatic N) is 1. The SMILES string of the molecule is Cc1cc([N+](=O)[O-])ccc1NCC1CCC(C)C1. The second kappa shape index (κ2) is 5.38. The highest BCUT2D eigenvalue weighted by Gasteiger charge is 2.21. The van der Waals surface area contributed by atoms with Gasteiger partial charge in [-0.05, 0) is 43.2 Å². The van der Waals surface area contributed by atoms with Crippen LogP contribution in [0.1, 0.15) is 31.7 Å². The summed E-state index contributed by atoms with van der Waals surface area (Å²) in [7, 11) is 0. The van der Waals surface area contributed by atoms with Crippen LogP contribution in [0.2, 0.25) is 0 Å². The average molecular weight is 248 g/mol. The molecule has 0 saturated heterocycles. The van der Waals surface area contributed by atoms with Gasteiger partial charge in [-0.3, -0.25) is 10.1 Å². The number of non-ortho nitro benzene ring substituents is 1. The molecular weight excluding hydrogens is 228 g/mol. The second-order valence-corrected chi connectivity index (χ2v) is 5.42. The standard InChI is InChI=1S/C14H20N2O2/c1-10-3-4-12(7-10)9-15-14-6-5-13(16(17)18)8-11(14)2/h5-6,8,10,12,15H,3-4,7,9H2,1-2H3. The summed E-state index contributed by atoms with van der Waals surface area (Å²) in [5.41, 5.74) is 2.11. The lowest BCUT2D eigenvalue weighted by Crippen LogP contribution is -2.12. The Morgan fingerprint density at radius 2 is 2.22 bits per heavy atom. The number of aryl methyl sites for hydroxylation is 1. The van der Waals surface area contributed by atoms with Crippen LogP contribution in [-0.4, -0.2) is 11.5 Å². The van der Waals surface area contributed by atoms with Crippen molar-refractivity contribution in [2.75, 3.05) is 11.9 Å². The molecule has 0 amide bonds. The van der Waals surface area contributed by atoms with Crippen molar-refractivity contribution in [3.05, 3.63) is 33.9 Å². The highest BCUT2D eigenvalue weighted by molar-refractivity contribution is 5.55. The molecule has 4 heteroatoms. The van der Waals surface area contributed by atoms with Crippen LogP contribution < -0.4 is 5.32 Å². The van der Waals surface area contributed by atoms with Crippen molar-refractivity contribution in [1.29, 1.82) is 0 Å². The van der Waals surface area contributed by atoms with Gasteiger partial charge in [-0.1, -0.05) is 13.3 Å². The molecule has 18 heavy (non-hydrogen) atoms. The number of rotatable bonds is 4. The van der Waals surface area contributed by atoms with E-state index in [1.165, 1.54) is 19.3 Å². The van der Waals surface area contributed by atoms with E-state index in [1.54, 1.807) is 12.1 Å². The van der Waals surface area contributed by atoms with Crippen molar-refractivity contribution in [3.63, 3.8) is 0 Å². The minimum Gasteiger partial charge on any atom is -0.385 e. The zero-order chi connectivity index (χ0) is 13.1. The van der Waals surface area contributed by atoms with Crippen LogP contribution in [0.15, 0.2) is 18.2 Å². The van der Waals surface area contributed by atoms with E-state index in [2.05, 4.69) is 12.2 Å². The van der Waals surface area contributed by atoms with Gasteiger partial charge in [0, 0.05) is 24.4 Å². The molecule has 2 rings (SSSR count). The van der Waals surface area contributed by atoms with E-state index in [9.17, 15) is 10.1 Å². The van der Waals surface area contributed by atoms with Gasteiger partial charge in [0.15, 0.2) is 0 Å². The van der Waals surface area contributed by atoms with Crippen LogP contribution in [0.5, 0.6) is 0 Å². The summed E-state index contributed by atoms with van der Waals surface area (Å²) in [5.74, 6) is 1.59. The maximum atomic E-state index is 10.7. The minimum absolute atomic E-state index is 0.160. The van der Waals surface area contributed by atoms with E-state index < -0.39 is 0 Å². The fraction of sp³-hybridized carbons (Fsp3) is 0.571. The number of nitro groups is 1. The largest absolute Gasteiger partial charge is 0.385 e. The summed E-state index contributed by atoms with van der Waals surface area (Å²) in [6.07, 6.45) is 3.91. The molecule has 0 heterocycles. The molecule has 98 valence electrons. The predicted molar refractivity (Wildman–Crippen MR) is 72.8 cm³/mol. The van der Waals surface area contributed by atoms with Gasteiger partial charge in [-0.25, -0.2) is 0 Å². The lowest BCUT2D eigenvalue weighted by molar-refractivity contribution is -0.384. The normalized spacial score (nSPS) is 23.0. The minimum atomic E-state index is -0.352. The van der Waals surface area contributed by atoms with E-state index in [1.807, 2.05) is 13.0 Å². The summed E-state index contributed by atoms with van der Waals surface area (Å²) in [6, 6.07) is 5.00. The van der Waals surface area contributed by atoms with Crippen molar-refractivity contribution in [2.24, 2.45) is 11.8 Å². The number of anilines is 1. The lowest BCUT2D eigenvalue weighted by atomic mass is 10.1. The van der Waals surface area contributed by atoms with Crippen molar-refractivity contribution < 1.29 is 4.92 Å². The molecule has 0 aromatic heterocycles. The molecule has 4 nitrogen and oxygen atoms in total. The number of hydrogen-bond donors (Lipinski definition) is 1. The number of hydrogen-bond acceptors (Lipinski definition) is 3. The molecule has 1 aliphatic rings. The molecule has 0 bridgehead atoms. The van der Waals surface area contributed by atoms with E-state index in [4.69, 9.17) is 0 Å². The Labute approximate surface area is 108 Å². The topological polar surface area (TPSA) is 55.2 Å². The molecule has 0 aliphatic heterocycles. The molecule has 2 unspecified atom stereocenters. The first kappa shape index (κ1) is 12.9.